The van der Waals surface area contributed by atoms with Crippen LogP contribution in [0.2, 0.25) is 0 Å². The number of amides is 2. The third-order valence-electron chi connectivity index (χ3n) is 4.56. The van der Waals surface area contributed by atoms with Gasteiger partial charge in [-0.1, -0.05) is 40.2 Å². The van der Waals surface area contributed by atoms with E-state index in [0.29, 0.717) is 31.0 Å². The van der Waals surface area contributed by atoms with Crippen LogP contribution in [0.4, 0.5) is 5.69 Å². The molecule has 1 saturated heterocycles. The number of hydroxylamine groups is 1. The molecule has 2 aromatic carbocycles. The predicted octanol–water partition coefficient (Wildman–Crippen LogP) is 4.67. The molecule has 0 radical (unpaired) electrons. The molecule has 29 heavy (non-hydrogen) atoms. The third-order valence-corrected chi connectivity index (χ3v) is 6.26. The van der Waals surface area contributed by atoms with Crippen molar-refractivity contribution in [3.05, 3.63) is 58.6 Å². The zero-order valence-electron chi connectivity index (χ0n) is 15.8. The van der Waals surface area contributed by atoms with Crippen LogP contribution in [0.3, 0.4) is 0 Å². The molecule has 1 aliphatic heterocycles. The van der Waals surface area contributed by atoms with Crippen molar-refractivity contribution in [1.29, 1.82) is 0 Å². The minimum Gasteiger partial charge on any atom is -0.491 e. The average molecular weight is 479 g/mol. The van der Waals surface area contributed by atoms with Crippen LogP contribution in [-0.2, 0) is 9.59 Å². The minimum atomic E-state index is -0.375. The first kappa shape index (κ1) is 21.7. The van der Waals surface area contributed by atoms with E-state index in [1.165, 1.54) is 0 Å². The largest absolute Gasteiger partial charge is 0.491 e. The van der Waals surface area contributed by atoms with Gasteiger partial charge in [0.2, 0.25) is 11.8 Å². The highest BCUT2D eigenvalue weighted by Crippen LogP contribution is 2.45. The third kappa shape index (κ3) is 5.74. The molecule has 2 aromatic rings. The number of ether oxygens (including phenoxy) is 1. The molecule has 8 heteroatoms. The fourth-order valence-electron chi connectivity index (χ4n) is 3.17. The summed E-state index contributed by atoms with van der Waals surface area (Å²) in [6.07, 6.45) is 2.57. The van der Waals surface area contributed by atoms with Crippen LogP contribution >= 0.6 is 27.7 Å². The summed E-state index contributed by atoms with van der Waals surface area (Å²) >= 11 is 5.11. The summed E-state index contributed by atoms with van der Waals surface area (Å²) in [5, 5.41) is 8.40. The molecule has 154 valence electrons. The Morgan fingerprint density at radius 1 is 1.21 bits per heavy atom. The van der Waals surface area contributed by atoms with Gasteiger partial charge in [0.15, 0.2) is 0 Å². The van der Waals surface area contributed by atoms with E-state index in [4.69, 9.17) is 9.94 Å². The molecular weight excluding hydrogens is 456 g/mol. The van der Waals surface area contributed by atoms with Crippen molar-refractivity contribution in [3.8, 4) is 5.75 Å². The molecule has 0 spiro atoms. The molecule has 0 aromatic heterocycles. The van der Waals surface area contributed by atoms with Crippen molar-refractivity contribution >= 4 is 45.2 Å². The fraction of sp³-hybridized carbons (Fsp3) is 0.333. The molecule has 1 heterocycles. The minimum absolute atomic E-state index is 0.0611. The van der Waals surface area contributed by atoms with Crippen LogP contribution in [0.25, 0.3) is 0 Å². The van der Waals surface area contributed by atoms with Gasteiger partial charge in [0.1, 0.15) is 11.1 Å². The van der Waals surface area contributed by atoms with E-state index in [9.17, 15) is 9.59 Å². The van der Waals surface area contributed by atoms with E-state index < -0.39 is 0 Å². The van der Waals surface area contributed by atoms with E-state index in [2.05, 4.69) is 15.9 Å². The molecule has 1 atom stereocenters. The van der Waals surface area contributed by atoms with E-state index in [0.717, 1.165) is 28.6 Å². The van der Waals surface area contributed by atoms with Crippen LogP contribution in [0.15, 0.2) is 53.0 Å². The first-order valence-electron chi connectivity index (χ1n) is 9.44. The maximum absolute atomic E-state index is 12.7. The fourth-order valence-corrected chi connectivity index (χ4v) is 4.75. The van der Waals surface area contributed by atoms with Crippen LogP contribution in [0.1, 0.15) is 36.6 Å². The van der Waals surface area contributed by atoms with Crippen molar-refractivity contribution in [2.45, 2.75) is 31.1 Å². The Hall–Kier alpha value is -2.03. The number of hydrogen-bond donors (Lipinski definition) is 2. The Bertz CT molecular complexity index is 864. The molecule has 1 aliphatic rings. The Kier molecular flexibility index (Phi) is 7.97. The van der Waals surface area contributed by atoms with Gasteiger partial charge < -0.3 is 4.74 Å². The maximum Gasteiger partial charge on any atom is 0.243 e. The second kappa shape index (κ2) is 10.7. The standard InChI is InChI=1S/C21H23BrN2O4S/c22-16-8-6-7-15(13-16)21-24(20(26)14-29-21)17-9-3-4-10-18(17)28-12-5-1-2-11-19(25)23-27/h3-4,6-10,13,21,27H,1-2,5,11-12,14H2,(H,23,25)/t21-/m1/s1. The summed E-state index contributed by atoms with van der Waals surface area (Å²) in [7, 11) is 0. The van der Waals surface area contributed by atoms with Gasteiger partial charge >= 0.3 is 0 Å². The lowest BCUT2D eigenvalue weighted by molar-refractivity contribution is -0.129. The topological polar surface area (TPSA) is 78.9 Å². The van der Waals surface area contributed by atoms with Crippen LogP contribution in [0, 0.1) is 0 Å². The second-order valence-electron chi connectivity index (χ2n) is 6.64. The van der Waals surface area contributed by atoms with Crippen molar-refractivity contribution in [2.24, 2.45) is 0 Å². The molecule has 3 rings (SSSR count). The summed E-state index contributed by atoms with van der Waals surface area (Å²) in [4.78, 5) is 25.5. The van der Waals surface area contributed by atoms with E-state index >= 15 is 0 Å². The predicted molar refractivity (Wildman–Crippen MR) is 117 cm³/mol. The number of nitrogens with zero attached hydrogens (tertiary/aromatic N) is 1. The lowest BCUT2D eigenvalue weighted by Gasteiger charge is -2.26. The zero-order valence-corrected chi connectivity index (χ0v) is 18.2. The van der Waals surface area contributed by atoms with Gasteiger partial charge in [-0.25, -0.2) is 5.48 Å². The Morgan fingerprint density at radius 2 is 2.03 bits per heavy atom. The maximum atomic E-state index is 12.7. The number of halogens is 1. The van der Waals surface area contributed by atoms with Crippen LogP contribution in [-0.4, -0.2) is 29.4 Å². The number of thioether (sulfide) groups is 1. The number of para-hydroxylation sites is 2. The van der Waals surface area contributed by atoms with Gasteiger partial charge in [0, 0.05) is 10.9 Å². The lowest BCUT2D eigenvalue weighted by atomic mass is 10.1. The average Bonchev–Trinajstić information content (AvgIpc) is 3.12. The zero-order chi connectivity index (χ0) is 20.6. The number of unbranched alkanes of at least 4 members (excludes halogenated alkanes) is 2. The number of carbonyl (C=O) groups is 2. The van der Waals surface area contributed by atoms with E-state index in [1.54, 1.807) is 17.2 Å². The van der Waals surface area contributed by atoms with Gasteiger partial charge in [-0.05, 0) is 49.1 Å². The SMILES string of the molecule is O=C(CCCCCOc1ccccc1N1C(=O)CS[C@@H]1c1cccc(Br)c1)NO. The van der Waals surface area contributed by atoms with E-state index in [1.807, 2.05) is 53.4 Å². The number of benzene rings is 2. The molecule has 1 fully saturated rings. The van der Waals surface area contributed by atoms with E-state index in [-0.39, 0.29) is 17.2 Å². The quantitative estimate of drug-likeness (QED) is 0.311. The first-order chi connectivity index (χ1) is 14.1. The van der Waals surface area contributed by atoms with Crippen molar-refractivity contribution in [1.82, 2.24) is 5.48 Å². The van der Waals surface area contributed by atoms with Crippen LogP contribution in [0.5, 0.6) is 5.75 Å². The van der Waals surface area contributed by atoms with Gasteiger partial charge in [0.25, 0.3) is 0 Å². The first-order valence-corrected chi connectivity index (χ1v) is 11.3. The van der Waals surface area contributed by atoms with Gasteiger partial charge in [-0.15, -0.1) is 11.8 Å². The number of nitrogens with one attached hydrogen (secondary N) is 1. The summed E-state index contributed by atoms with van der Waals surface area (Å²) < 4.78 is 6.96. The summed E-state index contributed by atoms with van der Waals surface area (Å²) in [6.45, 7) is 0.495. The van der Waals surface area contributed by atoms with Crippen molar-refractivity contribution in [2.75, 3.05) is 17.3 Å². The normalized spacial score (nSPS) is 16.1. The Labute approximate surface area is 182 Å². The highest BCUT2D eigenvalue weighted by molar-refractivity contribution is 9.10. The monoisotopic (exact) mass is 478 g/mol. The summed E-state index contributed by atoms with van der Waals surface area (Å²) in [5.74, 6) is 0.792. The van der Waals surface area contributed by atoms with Crippen LogP contribution < -0.4 is 15.1 Å². The molecule has 2 N–H and O–H groups in total. The molecule has 0 aliphatic carbocycles. The highest BCUT2D eigenvalue weighted by atomic mass is 79.9. The van der Waals surface area contributed by atoms with Crippen molar-refractivity contribution in [3.63, 3.8) is 0 Å². The molecular formula is C21H23BrN2O4S. The van der Waals surface area contributed by atoms with Gasteiger partial charge in [-0.2, -0.15) is 0 Å². The summed E-state index contributed by atoms with van der Waals surface area (Å²) in [5.41, 5.74) is 3.47. The van der Waals surface area contributed by atoms with Gasteiger partial charge in [-0.3, -0.25) is 19.7 Å². The lowest BCUT2D eigenvalue weighted by Crippen LogP contribution is -2.28. The number of anilines is 1. The molecule has 2 amide bonds. The molecule has 0 unspecified atom stereocenters. The summed E-state index contributed by atoms with van der Waals surface area (Å²) in [6, 6.07) is 15.6. The molecule has 0 saturated carbocycles. The highest BCUT2D eigenvalue weighted by Gasteiger charge is 2.35. The number of rotatable bonds is 9. The van der Waals surface area contributed by atoms with Crippen molar-refractivity contribution < 1.29 is 19.5 Å². The molecule has 6 nitrogen and oxygen atoms in total. The Morgan fingerprint density at radius 3 is 2.83 bits per heavy atom. The smallest absolute Gasteiger partial charge is 0.243 e. The Balaban J connectivity index is 1.67. The second-order valence-corrected chi connectivity index (χ2v) is 8.63. The van der Waals surface area contributed by atoms with Gasteiger partial charge in [0.05, 0.1) is 18.0 Å². The molecule has 0 bridgehead atoms. The number of carbonyl (C=O) groups excluding carboxylic acids is 2. The number of hydrogen-bond acceptors (Lipinski definition) is 5.